The fourth-order valence-corrected chi connectivity index (χ4v) is 3.64. The molecule has 0 unspecified atom stereocenters. The van der Waals surface area contributed by atoms with Crippen LogP contribution < -0.4 is 14.8 Å². The maximum atomic E-state index is 12.8. The molecule has 1 aromatic rings. The number of carbonyl (C=O) groups excluding carboxylic acids is 1. The third kappa shape index (κ3) is 3.02. The first kappa shape index (κ1) is 16.9. The Labute approximate surface area is 144 Å². The summed E-state index contributed by atoms with van der Waals surface area (Å²) in [4.78, 5) is 12.8. The van der Waals surface area contributed by atoms with E-state index in [1.165, 1.54) is 5.57 Å². The van der Waals surface area contributed by atoms with Crippen molar-refractivity contribution in [3.8, 4) is 11.5 Å². The normalized spacial score (nSPS) is 22.9. The van der Waals surface area contributed by atoms with Crippen LogP contribution in [-0.4, -0.2) is 12.7 Å². The number of nitrogens with one attached hydrogen (secondary N) is 1. The van der Waals surface area contributed by atoms with Crippen molar-refractivity contribution in [3.63, 3.8) is 0 Å². The van der Waals surface area contributed by atoms with Gasteiger partial charge in [0.2, 0.25) is 12.7 Å². The van der Waals surface area contributed by atoms with Crippen molar-refractivity contribution in [3.05, 3.63) is 29.3 Å². The number of benzene rings is 1. The van der Waals surface area contributed by atoms with Crippen molar-refractivity contribution in [1.82, 2.24) is 0 Å². The highest BCUT2D eigenvalue weighted by molar-refractivity contribution is 5.96. The number of hydrogen-bond donors (Lipinski definition) is 1. The molecule has 0 aromatic heterocycles. The van der Waals surface area contributed by atoms with Crippen LogP contribution in [0.25, 0.3) is 0 Å². The van der Waals surface area contributed by atoms with Gasteiger partial charge >= 0.3 is 0 Å². The van der Waals surface area contributed by atoms with Crippen molar-refractivity contribution < 1.29 is 14.3 Å². The zero-order valence-corrected chi connectivity index (χ0v) is 15.2. The first-order valence-corrected chi connectivity index (χ1v) is 8.73. The standard InChI is InChI=1S/C20H27NO3/c1-6-7-13-9-16-17(24-11-23-16)10-15(13)21-19(22)18-14(8-12(2)3)20(18,4)5/h8-10,14,18H,6-7,11H2,1-5H3,(H,21,22)/t14-,18-/m0/s1. The molecule has 0 spiro atoms. The third-order valence-corrected chi connectivity index (χ3v) is 5.08. The van der Waals surface area contributed by atoms with Crippen LogP contribution in [-0.2, 0) is 11.2 Å². The summed E-state index contributed by atoms with van der Waals surface area (Å²) in [6, 6.07) is 3.89. The van der Waals surface area contributed by atoms with Gasteiger partial charge in [0.05, 0.1) is 5.92 Å². The summed E-state index contributed by atoms with van der Waals surface area (Å²) in [5, 5.41) is 3.14. The second-order valence-electron chi connectivity index (χ2n) is 7.67. The highest BCUT2D eigenvalue weighted by Gasteiger charge is 2.60. The lowest BCUT2D eigenvalue weighted by Gasteiger charge is -2.12. The number of rotatable bonds is 5. The predicted octanol–water partition coefficient (Wildman–Crippen LogP) is 4.54. The first-order valence-electron chi connectivity index (χ1n) is 8.73. The number of fused-ring (bicyclic) bond motifs is 1. The molecule has 1 aromatic carbocycles. The van der Waals surface area contributed by atoms with E-state index < -0.39 is 0 Å². The van der Waals surface area contributed by atoms with Crippen molar-refractivity contribution in [2.24, 2.45) is 17.3 Å². The minimum Gasteiger partial charge on any atom is -0.454 e. The van der Waals surface area contributed by atoms with Crippen LogP contribution >= 0.6 is 0 Å². The molecule has 4 nitrogen and oxygen atoms in total. The molecule has 1 N–H and O–H groups in total. The van der Waals surface area contributed by atoms with Crippen molar-refractivity contribution in [2.45, 2.75) is 47.5 Å². The van der Waals surface area contributed by atoms with Gasteiger partial charge in [0.25, 0.3) is 0 Å². The van der Waals surface area contributed by atoms with Gasteiger partial charge in [0.15, 0.2) is 11.5 Å². The molecule has 1 heterocycles. The van der Waals surface area contributed by atoms with Gasteiger partial charge in [-0.25, -0.2) is 0 Å². The molecule has 1 aliphatic heterocycles. The Bertz CT molecular complexity index is 686. The second-order valence-corrected chi connectivity index (χ2v) is 7.67. The smallest absolute Gasteiger partial charge is 0.231 e. The number of ether oxygens (including phenoxy) is 2. The number of anilines is 1. The highest BCUT2D eigenvalue weighted by Crippen LogP contribution is 2.59. The maximum absolute atomic E-state index is 12.8. The Morgan fingerprint density at radius 1 is 1.29 bits per heavy atom. The van der Waals surface area contributed by atoms with E-state index in [9.17, 15) is 4.79 Å². The van der Waals surface area contributed by atoms with Crippen LogP contribution in [0.15, 0.2) is 23.8 Å². The summed E-state index contributed by atoms with van der Waals surface area (Å²) in [7, 11) is 0. The van der Waals surface area contributed by atoms with Crippen LogP contribution in [0.4, 0.5) is 5.69 Å². The van der Waals surface area contributed by atoms with Gasteiger partial charge in [0.1, 0.15) is 0 Å². The molecular formula is C20H27NO3. The van der Waals surface area contributed by atoms with Crippen LogP contribution in [0.5, 0.6) is 11.5 Å². The van der Waals surface area contributed by atoms with Crippen LogP contribution in [0.3, 0.4) is 0 Å². The third-order valence-electron chi connectivity index (χ3n) is 5.08. The molecule has 0 saturated heterocycles. The lowest BCUT2D eigenvalue weighted by molar-refractivity contribution is -0.118. The molecule has 0 bridgehead atoms. The van der Waals surface area contributed by atoms with Crippen molar-refractivity contribution in [1.29, 1.82) is 0 Å². The minimum absolute atomic E-state index is 0.0165. The van der Waals surface area contributed by atoms with E-state index in [2.05, 4.69) is 46.0 Å². The number of carbonyl (C=O) groups is 1. The van der Waals surface area contributed by atoms with Gasteiger partial charge < -0.3 is 14.8 Å². The SMILES string of the molecule is CCCc1cc2c(cc1NC(=O)[C@@H]1[C@H](C=C(C)C)C1(C)C)OCO2. The van der Waals surface area contributed by atoms with Gasteiger partial charge in [-0.05, 0) is 43.2 Å². The van der Waals surface area contributed by atoms with Gasteiger partial charge in [0, 0.05) is 11.8 Å². The molecular weight excluding hydrogens is 302 g/mol. The van der Waals surface area contributed by atoms with Gasteiger partial charge in [-0.2, -0.15) is 0 Å². The van der Waals surface area contributed by atoms with Gasteiger partial charge in [-0.15, -0.1) is 0 Å². The summed E-state index contributed by atoms with van der Waals surface area (Å²) >= 11 is 0. The fraction of sp³-hybridized carbons (Fsp3) is 0.550. The molecule has 24 heavy (non-hydrogen) atoms. The lowest BCUT2D eigenvalue weighted by Crippen LogP contribution is -2.18. The Morgan fingerprint density at radius 3 is 2.58 bits per heavy atom. The lowest BCUT2D eigenvalue weighted by atomic mass is 10.1. The zero-order chi connectivity index (χ0) is 17.5. The summed E-state index contributed by atoms with van der Waals surface area (Å²) in [6.45, 7) is 10.9. The van der Waals surface area contributed by atoms with E-state index >= 15 is 0 Å². The maximum Gasteiger partial charge on any atom is 0.231 e. The van der Waals surface area contributed by atoms with E-state index in [1.54, 1.807) is 0 Å². The monoisotopic (exact) mass is 329 g/mol. The Morgan fingerprint density at radius 2 is 1.96 bits per heavy atom. The molecule has 0 radical (unpaired) electrons. The topological polar surface area (TPSA) is 47.6 Å². The predicted molar refractivity (Wildman–Crippen MR) is 95.4 cm³/mol. The summed E-state index contributed by atoms with van der Waals surface area (Å²) < 4.78 is 10.9. The molecule has 130 valence electrons. The molecule has 1 aliphatic carbocycles. The Kier molecular flexibility index (Phi) is 4.33. The van der Waals surface area contributed by atoms with Crippen molar-refractivity contribution in [2.75, 3.05) is 12.1 Å². The molecule has 3 rings (SSSR count). The average molecular weight is 329 g/mol. The minimum atomic E-state index is 0.0165. The second kappa shape index (κ2) is 6.15. The summed E-state index contributed by atoms with van der Waals surface area (Å²) in [5.74, 6) is 1.91. The molecule has 1 amide bonds. The average Bonchev–Trinajstić information content (AvgIpc) is 2.83. The summed E-state index contributed by atoms with van der Waals surface area (Å²) in [5.41, 5.74) is 3.23. The quantitative estimate of drug-likeness (QED) is 0.807. The van der Waals surface area contributed by atoms with Crippen LogP contribution in [0.1, 0.15) is 46.6 Å². The molecule has 1 fully saturated rings. The first-order chi connectivity index (χ1) is 11.3. The van der Waals surface area contributed by atoms with Crippen LogP contribution in [0, 0.1) is 17.3 Å². The van der Waals surface area contributed by atoms with E-state index in [4.69, 9.17) is 9.47 Å². The Hall–Kier alpha value is -1.97. The Balaban J connectivity index is 1.81. The van der Waals surface area contributed by atoms with E-state index in [0.29, 0.717) is 11.7 Å². The molecule has 2 atom stereocenters. The number of aryl methyl sites for hydroxylation is 1. The van der Waals surface area contributed by atoms with Crippen molar-refractivity contribution >= 4 is 11.6 Å². The molecule has 2 aliphatic rings. The molecule has 4 heteroatoms. The van der Waals surface area contributed by atoms with E-state index in [-0.39, 0.29) is 24.0 Å². The van der Waals surface area contributed by atoms with E-state index in [0.717, 1.165) is 29.8 Å². The summed E-state index contributed by atoms with van der Waals surface area (Å²) in [6.07, 6.45) is 4.13. The number of allylic oxidation sites excluding steroid dienone is 2. The fourth-order valence-electron chi connectivity index (χ4n) is 3.64. The molecule has 1 saturated carbocycles. The van der Waals surface area contributed by atoms with Crippen LogP contribution in [0.2, 0.25) is 0 Å². The highest BCUT2D eigenvalue weighted by atomic mass is 16.7. The largest absolute Gasteiger partial charge is 0.454 e. The number of hydrogen-bond acceptors (Lipinski definition) is 3. The van der Waals surface area contributed by atoms with E-state index in [1.807, 2.05) is 12.1 Å². The number of amides is 1. The van der Waals surface area contributed by atoms with Gasteiger partial charge in [-0.3, -0.25) is 4.79 Å². The zero-order valence-electron chi connectivity index (χ0n) is 15.2. The van der Waals surface area contributed by atoms with Gasteiger partial charge in [-0.1, -0.05) is 38.8 Å².